The molecule has 1 N–H and O–H groups in total. The van der Waals surface area contributed by atoms with Gasteiger partial charge in [-0.05, 0) is 59.5 Å². The van der Waals surface area contributed by atoms with E-state index < -0.39 is 0 Å². The molecule has 3 rings (SSSR count). The fourth-order valence-corrected chi connectivity index (χ4v) is 2.45. The number of hydrogen-bond donors (Lipinski definition) is 1. The summed E-state index contributed by atoms with van der Waals surface area (Å²) in [5, 5.41) is 6.29. The van der Waals surface area contributed by atoms with Gasteiger partial charge < -0.3 is 4.74 Å². The van der Waals surface area contributed by atoms with Crippen LogP contribution in [0.25, 0.3) is 10.8 Å². The average Bonchev–Trinajstić information content (AvgIpc) is 2.62. The van der Waals surface area contributed by atoms with Crippen LogP contribution in [-0.4, -0.2) is 18.7 Å². The standard InChI is InChI=1S/C21H20N2O2/c1-15-7-10-20(11-16(15)2)25-14-21(24)23-22-13-17-8-9-18-5-3-4-6-19(18)12-17/h3-13H,14H2,1-2H3,(H,23,24)/b22-13-. The quantitative estimate of drug-likeness (QED) is 0.567. The fraction of sp³-hybridized carbons (Fsp3) is 0.143. The number of aryl methyl sites for hydroxylation is 2. The van der Waals surface area contributed by atoms with Gasteiger partial charge in [0, 0.05) is 0 Å². The lowest BCUT2D eigenvalue weighted by Crippen LogP contribution is -2.24. The Labute approximate surface area is 147 Å². The van der Waals surface area contributed by atoms with Crippen LogP contribution in [0.15, 0.2) is 65.8 Å². The minimum Gasteiger partial charge on any atom is -0.484 e. The van der Waals surface area contributed by atoms with Crippen molar-refractivity contribution in [2.75, 3.05) is 6.61 Å². The number of carbonyl (C=O) groups is 1. The van der Waals surface area contributed by atoms with E-state index in [0.29, 0.717) is 5.75 Å². The highest BCUT2D eigenvalue weighted by Gasteiger charge is 2.02. The summed E-state index contributed by atoms with van der Waals surface area (Å²) in [5.41, 5.74) is 5.73. The van der Waals surface area contributed by atoms with Gasteiger partial charge in [-0.1, -0.05) is 42.5 Å². The highest BCUT2D eigenvalue weighted by molar-refractivity contribution is 5.90. The van der Waals surface area contributed by atoms with Crippen LogP contribution in [-0.2, 0) is 4.79 Å². The van der Waals surface area contributed by atoms with Crippen molar-refractivity contribution in [2.24, 2.45) is 5.10 Å². The predicted octanol–water partition coefficient (Wildman–Crippen LogP) is 3.99. The molecule has 0 unspecified atom stereocenters. The lowest BCUT2D eigenvalue weighted by Gasteiger charge is -2.07. The number of benzene rings is 3. The number of ether oxygens (including phenoxy) is 1. The van der Waals surface area contributed by atoms with Crippen molar-refractivity contribution in [2.45, 2.75) is 13.8 Å². The van der Waals surface area contributed by atoms with Gasteiger partial charge in [-0.2, -0.15) is 5.10 Å². The van der Waals surface area contributed by atoms with Crippen LogP contribution in [0.3, 0.4) is 0 Å². The van der Waals surface area contributed by atoms with Crippen LogP contribution in [0.5, 0.6) is 5.75 Å². The Kier molecular flexibility index (Phi) is 5.09. The molecule has 0 spiro atoms. The van der Waals surface area contributed by atoms with E-state index in [-0.39, 0.29) is 12.5 Å². The molecule has 0 atom stereocenters. The summed E-state index contributed by atoms with van der Waals surface area (Å²) >= 11 is 0. The van der Waals surface area contributed by atoms with Crippen LogP contribution >= 0.6 is 0 Å². The molecule has 0 saturated carbocycles. The van der Waals surface area contributed by atoms with Gasteiger partial charge in [0.1, 0.15) is 5.75 Å². The van der Waals surface area contributed by atoms with E-state index in [9.17, 15) is 4.79 Å². The van der Waals surface area contributed by atoms with E-state index in [2.05, 4.69) is 16.6 Å². The summed E-state index contributed by atoms with van der Waals surface area (Å²) in [6.07, 6.45) is 1.63. The molecule has 4 nitrogen and oxygen atoms in total. The number of nitrogens with zero attached hydrogens (tertiary/aromatic N) is 1. The number of rotatable bonds is 5. The molecule has 0 aliphatic carbocycles. The third-order valence-corrected chi connectivity index (χ3v) is 4.02. The van der Waals surface area contributed by atoms with Crippen molar-refractivity contribution in [1.82, 2.24) is 5.43 Å². The van der Waals surface area contributed by atoms with Crippen molar-refractivity contribution in [3.05, 3.63) is 77.4 Å². The molecule has 1 amide bonds. The Morgan fingerprint density at radius 1 is 1.00 bits per heavy atom. The Bertz CT molecular complexity index is 932. The van der Waals surface area contributed by atoms with Gasteiger partial charge in [0.2, 0.25) is 0 Å². The summed E-state index contributed by atoms with van der Waals surface area (Å²) < 4.78 is 5.48. The lowest BCUT2D eigenvalue weighted by atomic mass is 10.1. The molecule has 25 heavy (non-hydrogen) atoms. The topological polar surface area (TPSA) is 50.7 Å². The summed E-state index contributed by atoms with van der Waals surface area (Å²) in [6.45, 7) is 3.97. The minimum atomic E-state index is -0.296. The molecule has 3 aromatic carbocycles. The molecule has 4 heteroatoms. The molecule has 0 radical (unpaired) electrons. The van der Waals surface area contributed by atoms with Crippen LogP contribution < -0.4 is 10.2 Å². The van der Waals surface area contributed by atoms with Crippen molar-refractivity contribution in [3.8, 4) is 5.75 Å². The van der Waals surface area contributed by atoms with E-state index in [1.807, 2.05) is 68.4 Å². The molecular formula is C21H20N2O2. The van der Waals surface area contributed by atoms with E-state index in [4.69, 9.17) is 4.74 Å². The highest BCUT2D eigenvalue weighted by Crippen LogP contribution is 2.16. The number of hydrogen-bond acceptors (Lipinski definition) is 3. The zero-order chi connectivity index (χ0) is 17.6. The first-order chi connectivity index (χ1) is 12.1. The molecule has 0 aromatic heterocycles. The minimum absolute atomic E-state index is 0.0719. The van der Waals surface area contributed by atoms with Crippen LogP contribution in [0.1, 0.15) is 16.7 Å². The van der Waals surface area contributed by atoms with Gasteiger partial charge in [-0.25, -0.2) is 5.43 Å². The Balaban J connectivity index is 1.53. The molecule has 126 valence electrons. The number of hydrazone groups is 1. The summed E-state index contributed by atoms with van der Waals surface area (Å²) in [4.78, 5) is 11.8. The number of carbonyl (C=O) groups excluding carboxylic acids is 1. The van der Waals surface area contributed by atoms with Gasteiger partial charge in [0.05, 0.1) is 6.21 Å². The maximum atomic E-state index is 11.8. The summed E-state index contributed by atoms with van der Waals surface area (Å²) in [6, 6.07) is 19.9. The summed E-state index contributed by atoms with van der Waals surface area (Å²) in [7, 11) is 0. The second kappa shape index (κ2) is 7.62. The second-order valence-electron chi connectivity index (χ2n) is 5.93. The molecule has 0 bridgehead atoms. The maximum absolute atomic E-state index is 11.8. The van der Waals surface area contributed by atoms with Crippen LogP contribution in [0, 0.1) is 13.8 Å². The first kappa shape index (κ1) is 16.7. The zero-order valence-corrected chi connectivity index (χ0v) is 14.3. The van der Waals surface area contributed by atoms with E-state index in [0.717, 1.165) is 16.5 Å². The Morgan fingerprint density at radius 3 is 2.60 bits per heavy atom. The van der Waals surface area contributed by atoms with Gasteiger partial charge in [0.15, 0.2) is 6.61 Å². The number of nitrogens with one attached hydrogen (secondary N) is 1. The van der Waals surface area contributed by atoms with E-state index >= 15 is 0 Å². The van der Waals surface area contributed by atoms with Crippen LogP contribution in [0.2, 0.25) is 0 Å². The highest BCUT2D eigenvalue weighted by atomic mass is 16.5. The molecular weight excluding hydrogens is 312 g/mol. The number of amides is 1. The smallest absolute Gasteiger partial charge is 0.277 e. The van der Waals surface area contributed by atoms with Gasteiger partial charge in [0.25, 0.3) is 5.91 Å². The number of fused-ring (bicyclic) bond motifs is 1. The Hall–Kier alpha value is -3.14. The van der Waals surface area contributed by atoms with E-state index in [1.54, 1.807) is 6.21 Å². The second-order valence-corrected chi connectivity index (χ2v) is 5.93. The molecule has 0 saturated heterocycles. The fourth-order valence-electron chi connectivity index (χ4n) is 2.45. The first-order valence-electron chi connectivity index (χ1n) is 8.12. The predicted molar refractivity (Wildman–Crippen MR) is 101 cm³/mol. The molecule has 0 heterocycles. The van der Waals surface area contributed by atoms with Crippen molar-refractivity contribution >= 4 is 22.9 Å². The van der Waals surface area contributed by atoms with Gasteiger partial charge in [-0.3, -0.25) is 4.79 Å². The molecule has 0 aliphatic heterocycles. The average molecular weight is 332 g/mol. The first-order valence-corrected chi connectivity index (χ1v) is 8.12. The molecule has 3 aromatic rings. The monoisotopic (exact) mass is 332 g/mol. The third kappa shape index (κ3) is 4.44. The largest absolute Gasteiger partial charge is 0.484 e. The van der Waals surface area contributed by atoms with E-state index in [1.165, 1.54) is 10.9 Å². The summed E-state index contributed by atoms with van der Waals surface area (Å²) in [5.74, 6) is 0.382. The molecule has 0 fully saturated rings. The maximum Gasteiger partial charge on any atom is 0.277 e. The SMILES string of the molecule is Cc1ccc(OCC(=O)N/N=C\c2ccc3ccccc3c2)cc1C. The Morgan fingerprint density at radius 2 is 1.80 bits per heavy atom. The molecule has 0 aliphatic rings. The van der Waals surface area contributed by atoms with Crippen molar-refractivity contribution in [3.63, 3.8) is 0 Å². The van der Waals surface area contributed by atoms with Gasteiger partial charge in [-0.15, -0.1) is 0 Å². The van der Waals surface area contributed by atoms with Crippen molar-refractivity contribution < 1.29 is 9.53 Å². The normalized spacial score (nSPS) is 11.0. The van der Waals surface area contributed by atoms with Crippen molar-refractivity contribution in [1.29, 1.82) is 0 Å². The zero-order valence-electron chi connectivity index (χ0n) is 14.3. The van der Waals surface area contributed by atoms with Gasteiger partial charge >= 0.3 is 0 Å². The lowest BCUT2D eigenvalue weighted by molar-refractivity contribution is -0.123. The third-order valence-electron chi connectivity index (χ3n) is 4.02. The van der Waals surface area contributed by atoms with Crippen LogP contribution in [0.4, 0.5) is 0 Å².